The number of halogens is 1. The van der Waals surface area contributed by atoms with E-state index in [4.69, 9.17) is 4.52 Å². The van der Waals surface area contributed by atoms with E-state index < -0.39 is 10.0 Å². The van der Waals surface area contributed by atoms with Gasteiger partial charge in [-0.3, -0.25) is 0 Å². The molecule has 2 aromatic carbocycles. The van der Waals surface area contributed by atoms with Crippen molar-refractivity contribution in [3.8, 4) is 11.4 Å². The summed E-state index contributed by atoms with van der Waals surface area (Å²) in [6.07, 6.45) is 1.57. The first-order chi connectivity index (χ1) is 14.3. The monoisotopic (exact) mass is 489 g/mol. The summed E-state index contributed by atoms with van der Waals surface area (Å²) in [6.45, 7) is 5.02. The third-order valence-electron chi connectivity index (χ3n) is 5.44. The summed E-state index contributed by atoms with van der Waals surface area (Å²) < 4.78 is 34.3. The third-order valence-corrected chi connectivity index (χ3v) is 7.82. The zero-order valence-electron chi connectivity index (χ0n) is 17.0. The van der Waals surface area contributed by atoms with E-state index in [0.29, 0.717) is 35.6 Å². The van der Waals surface area contributed by atoms with Crippen LogP contribution in [0, 0.1) is 0 Å². The molecule has 158 valence electrons. The summed E-state index contributed by atoms with van der Waals surface area (Å²) in [5.41, 5.74) is 1.97. The molecule has 0 radical (unpaired) electrons. The second kappa shape index (κ2) is 8.61. The molecule has 1 aliphatic heterocycles. The molecular weight excluding hydrogens is 466 g/mol. The maximum atomic E-state index is 13.2. The predicted octanol–water partition coefficient (Wildman–Crippen LogP) is 5.19. The number of piperidine rings is 1. The Morgan fingerprint density at radius 2 is 1.93 bits per heavy atom. The van der Waals surface area contributed by atoms with Gasteiger partial charge in [-0.2, -0.15) is 9.29 Å². The lowest BCUT2D eigenvalue weighted by Crippen LogP contribution is -2.39. The van der Waals surface area contributed by atoms with Crippen molar-refractivity contribution < 1.29 is 12.9 Å². The quantitative estimate of drug-likeness (QED) is 0.492. The molecule has 2 heterocycles. The van der Waals surface area contributed by atoms with Crippen molar-refractivity contribution in [3.05, 3.63) is 64.5 Å². The highest BCUT2D eigenvalue weighted by atomic mass is 79.9. The first-order valence-electron chi connectivity index (χ1n) is 10.0. The van der Waals surface area contributed by atoms with Crippen LogP contribution in [0.25, 0.3) is 11.4 Å². The van der Waals surface area contributed by atoms with Gasteiger partial charge >= 0.3 is 0 Å². The number of sulfonamides is 1. The maximum absolute atomic E-state index is 13.2. The minimum Gasteiger partial charge on any atom is -0.339 e. The van der Waals surface area contributed by atoms with E-state index in [9.17, 15) is 8.42 Å². The van der Waals surface area contributed by atoms with Crippen molar-refractivity contribution in [1.82, 2.24) is 14.4 Å². The maximum Gasteiger partial charge on any atom is 0.243 e. The Kier molecular flexibility index (Phi) is 6.09. The SMILES string of the molecule is CC(C)c1ccc(S(=O)(=O)N2CCC[C@H](c3nc(-c4cccc(Br)c4)no3)C2)cc1. The van der Waals surface area contributed by atoms with Crippen molar-refractivity contribution in [2.45, 2.75) is 43.4 Å². The van der Waals surface area contributed by atoms with Crippen LogP contribution in [-0.4, -0.2) is 36.0 Å². The van der Waals surface area contributed by atoms with Gasteiger partial charge in [0.25, 0.3) is 0 Å². The van der Waals surface area contributed by atoms with Crippen molar-refractivity contribution in [1.29, 1.82) is 0 Å². The topological polar surface area (TPSA) is 76.3 Å². The Labute approximate surface area is 185 Å². The fourth-order valence-corrected chi connectivity index (χ4v) is 5.60. The molecule has 0 amide bonds. The van der Waals surface area contributed by atoms with Crippen LogP contribution in [-0.2, 0) is 10.0 Å². The molecule has 4 rings (SSSR count). The number of nitrogens with zero attached hydrogens (tertiary/aromatic N) is 3. The summed E-state index contributed by atoms with van der Waals surface area (Å²) in [5, 5.41) is 4.10. The van der Waals surface area contributed by atoms with E-state index in [1.807, 2.05) is 36.4 Å². The van der Waals surface area contributed by atoms with E-state index in [1.54, 1.807) is 12.1 Å². The number of hydrogen-bond donors (Lipinski definition) is 0. The second-order valence-electron chi connectivity index (χ2n) is 7.89. The zero-order chi connectivity index (χ0) is 21.3. The van der Waals surface area contributed by atoms with E-state index >= 15 is 0 Å². The number of rotatable bonds is 5. The van der Waals surface area contributed by atoms with Gasteiger partial charge in [-0.25, -0.2) is 8.42 Å². The van der Waals surface area contributed by atoms with Gasteiger partial charge in [0.15, 0.2) is 0 Å². The van der Waals surface area contributed by atoms with E-state index in [1.165, 1.54) is 4.31 Å². The minimum atomic E-state index is -3.56. The number of benzene rings is 2. The molecule has 0 bridgehead atoms. The van der Waals surface area contributed by atoms with Crippen molar-refractivity contribution >= 4 is 26.0 Å². The van der Waals surface area contributed by atoms with Crippen molar-refractivity contribution in [2.24, 2.45) is 0 Å². The van der Waals surface area contributed by atoms with Crippen LogP contribution >= 0.6 is 15.9 Å². The fraction of sp³-hybridized carbons (Fsp3) is 0.364. The highest BCUT2D eigenvalue weighted by Gasteiger charge is 2.33. The van der Waals surface area contributed by atoms with Gasteiger partial charge in [0, 0.05) is 23.1 Å². The van der Waals surface area contributed by atoms with E-state index in [0.717, 1.165) is 28.4 Å². The molecular formula is C22H24BrN3O3S. The van der Waals surface area contributed by atoms with Gasteiger partial charge in [-0.15, -0.1) is 0 Å². The largest absolute Gasteiger partial charge is 0.339 e. The summed E-state index contributed by atoms with van der Waals surface area (Å²) in [7, 11) is -3.56. The molecule has 30 heavy (non-hydrogen) atoms. The summed E-state index contributed by atoms with van der Waals surface area (Å²) in [6, 6.07) is 14.9. The van der Waals surface area contributed by atoms with Crippen LogP contribution < -0.4 is 0 Å². The molecule has 1 aliphatic rings. The van der Waals surface area contributed by atoms with Gasteiger partial charge in [0.2, 0.25) is 21.7 Å². The standard InChI is InChI=1S/C22H24BrN3O3S/c1-15(2)16-8-10-20(11-9-16)30(27,28)26-12-4-6-18(14-26)22-24-21(25-29-22)17-5-3-7-19(23)13-17/h3,5,7-11,13,15,18H,4,6,12,14H2,1-2H3/t18-/m0/s1. The highest BCUT2D eigenvalue weighted by Crippen LogP contribution is 2.31. The predicted molar refractivity (Wildman–Crippen MR) is 119 cm³/mol. The molecule has 1 atom stereocenters. The Balaban J connectivity index is 1.53. The molecule has 0 aliphatic carbocycles. The van der Waals surface area contributed by atoms with Gasteiger partial charge in [-0.1, -0.05) is 59.2 Å². The lowest BCUT2D eigenvalue weighted by molar-refractivity contribution is 0.265. The Morgan fingerprint density at radius 3 is 2.63 bits per heavy atom. The van der Waals surface area contributed by atoms with Gasteiger partial charge in [0.1, 0.15) is 0 Å². The molecule has 1 saturated heterocycles. The van der Waals surface area contributed by atoms with Crippen LogP contribution in [0.1, 0.15) is 50.0 Å². The van der Waals surface area contributed by atoms with Crippen LogP contribution in [0.15, 0.2) is 62.4 Å². The molecule has 0 saturated carbocycles. The van der Waals surface area contributed by atoms with Crippen LogP contribution in [0.3, 0.4) is 0 Å². The average molecular weight is 490 g/mol. The molecule has 1 fully saturated rings. The first-order valence-corrected chi connectivity index (χ1v) is 12.3. The number of aromatic nitrogens is 2. The minimum absolute atomic E-state index is 0.114. The van der Waals surface area contributed by atoms with Crippen molar-refractivity contribution in [3.63, 3.8) is 0 Å². The van der Waals surface area contributed by atoms with Gasteiger partial charge < -0.3 is 4.52 Å². The normalized spacial score (nSPS) is 18.1. The highest BCUT2D eigenvalue weighted by molar-refractivity contribution is 9.10. The Bertz CT molecular complexity index is 1130. The van der Waals surface area contributed by atoms with Crippen molar-refractivity contribution in [2.75, 3.05) is 13.1 Å². The molecule has 0 unspecified atom stereocenters. The third kappa shape index (κ3) is 4.36. The Hall–Kier alpha value is -2.03. The molecule has 1 aromatic heterocycles. The summed E-state index contributed by atoms with van der Waals surface area (Å²) in [4.78, 5) is 4.87. The van der Waals surface area contributed by atoms with E-state index in [2.05, 4.69) is 39.9 Å². The smallest absolute Gasteiger partial charge is 0.243 e. The fourth-order valence-electron chi connectivity index (χ4n) is 3.68. The Morgan fingerprint density at radius 1 is 1.17 bits per heavy atom. The average Bonchev–Trinajstić information content (AvgIpc) is 3.24. The van der Waals surface area contributed by atoms with E-state index in [-0.39, 0.29) is 5.92 Å². The summed E-state index contributed by atoms with van der Waals surface area (Å²) >= 11 is 3.45. The summed E-state index contributed by atoms with van der Waals surface area (Å²) in [5.74, 6) is 1.24. The number of hydrogen-bond acceptors (Lipinski definition) is 5. The first kappa shape index (κ1) is 21.2. The lowest BCUT2D eigenvalue weighted by atomic mass is 10.00. The lowest BCUT2D eigenvalue weighted by Gasteiger charge is -2.30. The molecule has 0 N–H and O–H groups in total. The molecule has 6 nitrogen and oxygen atoms in total. The molecule has 3 aromatic rings. The zero-order valence-corrected chi connectivity index (χ0v) is 19.4. The van der Waals surface area contributed by atoms with Gasteiger partial charge in [0.05, 0.1) is 10.8 Å². The van der Waals surface area contributed by atoms with Crippen LogP contribution in [0.5, 0.6) is 0 Å². The van der Waals surface area contributed by atoms with Gasteiger partial charge in [-0.05, 0) is 48.6 Å². The van der Waals surface area contributed by atoms with Crippen LogP contribution in [0.2, 0.25) is 0 Å². The molecule has 0 spiro atoms. The van der Waals surface area contributed by atoms with Crippen LogP contribution in [0.4, 0.5) is 0 Å². The second-order valence-corrected chi connectivity index (χ2v) is 10.7. The molecule has 8 heteroatoms.